The van der Waals surface area contributed by atoms with Crippen LogP contribution in [0.15, 0.2) is 41.5 Å². The highest BCUT2D eigenvalue weighted by Gasteiger charge is 2.22. The fourth-order valence-corrected chi connectivity index (χ4v) is 3.78. The lowest BCUT2D eigenvalue weighted by atomic mass is 10.0. The Kier molecular flexibility index (Phi) is 9.57. The molecule has 9 heteroatoms. The predicted molar refractivity (Wildman–Crippen MR) is 130 cm³/mol. The van der Waals surface area contributed by atoms with Crippen LogP contribution >= 0.6 is 34.2 Å². The Labute approximate surface area is 200 Å². The monoisotopic (exact) mass is 557 g/mol. The van der Waals surface area contributed by atoms with Gasteiger partial charge in [-0.15, -0.1) is 0 Å². The lowest BCUT2D eigenvalue weighted by Gasteiger charge is -2.19. The van der Waals surface area contributed by atoms with E-state index < -0.39 is 11.9 Å². The van der Waals surface area contributed by atoms with Gasteiger partial charge in [0.2, 0.25) is 0 Å². The molecule has 2 rings (SSSR count). The maximum absolute atomic E-state index is 12.7. The van der Waals surface area contributed by atoms with E-state index in [1.807, 2.05) is 19.9 Å². The van der Waals surface area contributed by atoms with Crippen molar-refractivity contribution >= 4 is 52.2 Å². The predicted octanol–water partition coefficient (Wildman–Crippen LogP) is 4.26. The standard InChI is InChI=1S/C22H25ClIN3O4/c1-13(2)9-18(26-21(28)15-5-7-16(23)8-6-15)22(29)27-25-12-14-10-17(24)20(31-4)19(11-14)30-3/h5-8,10-13,18H,9H2,1-4H3,(H,26,28)(H,27,29). The third-order valence-electron chi connectivity index (χ3n) is 4.28. The first-order chi connectivity index (χ1) is 14.7. The van der Waals surface area contributed by atoms with Gasteiger partial charge in [-0.05, 0) is 76.9 Å². The normalized spacial score (nSPS) is 12.0. The number of amides is 2. The second kappa shape index (κ2) is 11.9. The number of hydrogen-bond acceptors (Lipinski definition) is 5. The molecular formula is C22H25ClIN3O4. The molecule has 0 aromatic heterocycles. The summed E-state index contributed by atoms with van der Waals surface area (Å²) in [5.41, 5.74) is 3.66. The van der Waals surface area contributed by atoms with Crippen molar-refractivity contribution in [2.45, 2.75) is 26.3 Å². The number of nitrogens with one attached hydrogen (secondary N) is 2. The van der Waals surface area contributed by atoms with Gasteiger partial charge in [0.05, 0.1) is 24.0 Å². The zero-order chi connectivity index (χ0) is 23.0. The van der Waals surface area contributed by atoms with E-state index in [1.54, 1.807) is 44.6 Å². The molecule has 0 saturated heterocycles. The number of halogens is 2. The van der Waals surface area contributed by atoms with Crippen molar-refractivity contribution in [3.05, 3.63) is 56.1 Å². The molecule has 2 amide bonds. The lowest BCUT2D eigenvalue weighted by molar-refractivity contribution is -0.123. The van der Waals surface area contributed by atoms with E-state index in [0.717, 1.165) is 9.13 Å². The number of ether oxygens (including phenoxy) is 2. The molecule has 0 aliphatic rings. The summed E-state index contributed by atoms with van der Waals surface area (Å²) in [6.07, 6.45) is 1.98. The van der Waals surface area contributed by atoms with Gasteiger partial charge in [-0.1, -0.05) is 25.4 Å². The maximum Gasteiger partial charge on any atom is 0.262 e. The Morgan fingerprint density at radius 3 is 2.42 bits per heavy atom. The van der Waals surface area contributed by atoms with Crippen molar-refractivity contribution in [1.29, 1.82) is 0 Å². The van der Waals surface area contributed by atoms with Crippen LogP contribution in [0.4, 0.5) is 0 Å². The first-order valence-corrected chi connectivity index (χ1v) is 11.0. The lowest BCUT2D eigenvalue weighted by Crippen LogP contribution is -2.46. The van der Waals surface area contributed by atoms with Gasteiger partial charge < -0.3 is 14.8 Å². The summed E-state index contributed by atoms with van der Waals surface area (Å²) < 4.78 is 11.5. The van der Waals surface area contributed by atoms with Gasteiger partial charge in [0.15, 0.2) is 11.5 Å². The van der Waals surface area contributed by atoms with Gasteiger partial charge in [0.25, 0.3) is 11.8 Å². The minimum Gasteiger partial charge on any atom is -0.493 e. The summed E-state index contributed by atoms with van der Waals surface area (Å²) in [7, 11) is 3.12. The molecule has 2 N–H and O–H groups in total. The van der Waals surface area contributed by atoms with Crippen molar-refractivity contribution in [2.75, 3.05) is 14.2 Å². The molecule has 7 nitrogen and oxygen atoms in total. The van der Waals surface area contributed by atoms with E-state index in [1.165, 1.54) is 6.21 Å². The van der Waals surface area contributed by atoms with Gasteiger partial charge >= 0.3 is 0 Å². The Morgan fingerprint density at radius 2 is 1.84 bits per heavy atom. The fraction of sp³-hybridized carbons (Fsp3) is 0.318. The highest BCUT2D eigenvalue weighted by atomic mass is 127. The molecular weight excluding hydrogens is 533 g/mol. The van der Waals surface area contributed by atoms with E-state index in [4.69, 9.17) is 21.1 Å². The molecule has 0 spiro atoms. The molecule has 0 fully saturated rings. The van der Waals surface area contributed by atoms with Crippen molar-refractivity contribution in [3.8, 4) is 11.5 Å². The van der Waals surface area contributed by atoms with Gasteiger partial charge in [-0.2, -0.15) is 5.10 Å². The van der Waals surface area contributed by atoms with Crippen molar-refractivity contribution in [2.24, 2.45) is 11.0 Å². The van der Waals surface area contributed by atoms with Crippen LogP contribution in [0, 0.1) is 9.49 Å². The minimum atomic E-state index is -0.731. The van der Waals surface area contributed by atoms with Crippen molar-refractivity contribution < 1.29 is 19.1 Å². The second-order valence-corrected chi connectivity index (χ2v) is 8.73. The second-order valence-electron chi connectivity index (χ2n) is 7.13. The number of rotatable bonds is 9. The summed E-state index contributed by atoms with van der Waals surface area (Å²) in [6.45, 7) is 3.95. The first kappa shape index (κ1) is 24.9. The number of methoxy groups -OCH3 is 2. The zero-order valence-electron chi connectivity index (χ0n) is 17.7. The molecule has 0 heterocycles. The number of hydrogen-bond donors (Lipinski definition) is 2. The SMILES string of the molecule is COc1cc(C=NNC(=O)C(CC(C)C)NC(=O)c2ccc(Cl)cc2)cc(I)c1OC. The van der Waals surface area contributed by atoms with Gasteiger partial charge in [-0.3, -0.25) is 9.59 Å². The number of carbonyl (C=O) groups excluding carboxylic acids is 2. The fourth-order valence-electron chi connectivity index (χ4n) is 2.81. The first-order valence-electron chi connectivity index (χ1n) is 9.56. The Bertz CT molecular complexity index is 949. The molecule has 0 bridgehead atoms. The molecule has 1 atom stereocenters. The summed E-state index contributed by atoms with van der Waals surface area (Å²) in [6, 6.07) is 9.35. The van der Waals surface area contributed by atoms with Crippen LogP contribution in [-0.4, -0.2) is 38.3 Å². The number of nitrogens with zero attached hydrogens (tertiary/aromatic N) is 1. The summed E-state index contributed by atoms with van der Waals surface area (Å²) >= 11 is 8.00. The summed E-state index contributed by atoms with van der Waals surface area (Å²) in [5.74, 6) is 0.636. The number of benzene rings is 2. The smallest absolute Gasteiger partial charge is 0.262 e. The van der Waals surface area contributed by atoms with E-state index in [9.17, 15) is 9.59 Å². The Morgan fingerprint density at radius 1 is 1.16 bits per heavy atom. The molecule has 2 aromatic carbocycles. The van der Waals surface area contributed by atoms with Crippen LogP contribution in [0.5, 0.6) is 11.5 Å². The topological polar surface area (TPSA) is 89.0 Å². The van der Waals surface area contributed by atoms with Crippen LogP contribution < -0.4 is 20.2 Å². The highest BCUT2D eigenvalue weighted by Crippen LogP contribution is 2.33. The van der Waals surface area contributed by atoms with E-state index >= 15 is 0 Å². The van der Waals surface area contributed by atoms with Crippen LogP contribution in [-0.2, 0) is 4.79 Å². The average molecular weight is 558 g/mol. The summed E-state index contributed by atoms with van der Waals surface area (Å²) in [4.78, 5) is 25.2. The number of carbonyl (C=O) groups is 2. The van der Waals surface area contributed by atoms with E-state index in [2.05, 4.69) is 38.4 Å². The quantitative estimate of drug-likeness (QED) is 0.274. The average Bonchev–Trinajstić information content (AvgIpc) is 2.72. The highest BCUT2D eigenvalue weighted by molar-refractivity contribution is 14.1. The molecule has 0 saturated carbocycles. The van der Waals surface area contributed by atoms with Crippen LogP contribution in [0.2, 0.25) is 5.02 Å². The molecule has 0 aliphatic carbocycles. The molecule has 0 radical (unpaired) electrons. The molecule has 2 aromatic rings. The Balaban J connectivity index is 2.09. The third kappa shape index (κ3) is 7.39. The zero-order valence-corrected chi connectivity index (χ0v) is 20.7. The van der Waals surface area contributed by atoms with Crippen LogP contribution in [0.3, 0.4) is 0 Å². The van der Waals surface area contributed by atoms with Crippen molar-refractivity contribution in [1.82, 2.24) is 10.7 Å². The molecule has 166 valence electrons. The summed E-state index contributed by atoms with van der Waals surface area (Å²) in [5, 5.41) is 7.34. The molecule has 1 unspecified atom stereocenters. The molecule has 31 heavy (non-hydrogen) atoms. The largest absolute Gasteiger partial charge is 0.493 e. The van der Waals surface area contributed by atoms with Gasteiger partial charge in [-0.25, -0.2) is 5.43 Å². The molecule has 0 aliphatic heterocycles. The van der Waals surface area contributed by atoms with Gasteiger partial charge in [0.1, 0.15) is 6.04 Å². The Hall–Kier alpha value is -2.33. The van der Waals surface area contributed by atoms with Crippen LogP contribution in [0.25, 0.3) is 0 Å². The third-order valence-corrected chi connectivity index (χ3v) is 5.33. The minimum absolute atomic E-state index is 0.192. The number of hydrazone groups is 1. The van der Waals surface area contributed by atoms with Crippen LogP contribution in [0.1, 0.15) is 36.2 Å². The maximum atomic E-state index is 12.7. The van der Waals surface area contributed by atoms with E-state index in [0.29, 0.717) is 28.5 Å². The van der Waals surface area contributed by atoms with Gasteiger partial charge in [0, 0.05) is 10.6 Å². The van der Waals surface area contributed by atoms with E-state index in [-0.39, 0.29) is 11.8 Å². The van der Waals surface area contributed by atoms with Crippen molar-refractivity contribution in [3.63, 3.8) is 0 Å².